The Kier molecular flexibility index (Phi) is 5.12. The quantitative estimate of drug-likeness (QED) is 0.607. The molecule has 0 radical (unpaired) electrons. The number of benzene rings is 2. The van der Waals surface area contributed by atoms with E-state index in [0.29, 0.717) is 5.78 Å². The van der Waals surface area contributed by atoms with Gasteiger partial charge in [0.25, 0.3) is 0 Å². The minimum atomic E-state index is -0.843. The van der Waals surface area contributed by atoms with Crippen molar-refractivity contribution in [3.8, 4) is 0 Å². The summed E-state index contributed by atoms with van der Waals surface area (Å²) in [5.74, 6) is 2.81. The zero-order valence-electron chi connectivity index (χ0n) is 14.7. The molecular weight excluding hydrogens is 332 g/mol. The van der Waals surface area contributed by atoms with Crippen molar-refractivity contribution in [3.05, 3.63) is 60.2 Å². The average molecular weight is 359 g/mol. The van der Waals surface area contributed by atoms with Crippen LogP contribution < -0.4 is 0 Å². The Morgan fingerprint density at radius 1 is 0.917 bits per heavy atom. The molecule has 1 aliphatic rings. The van der Waals surface area contributed by atoms with Crippen LogP contribution in [0, 0.1) is 0 Å². The van der Waals surface area contributed by atoms with Crippen molar-refractivity contribution in [1.29, 1.82) is 0 Å². The summed E-state index contributed by atoms with van der Waals surface area (Å²) < 4.78 is -0.225. The zero-order chi connectivity index (χ0) is 17.2. The molecule has 1 heterocycles. The van der Waals surface area contributed by atoms with Crippen molar-refractivity contribution in [3.63, 3.8) is 0 Å². The first-order valence-electron chi connectivity index (χ1n) is 8.53. The molecule has 24 heavy (non-hydrogen) atoms. The summed E-state index contributed by atoms with van der Waals surface area (Å²) in [5.41, 5.74) is 0.859. The first kappa shape index (κ1) is 17.6. The maximum Gasteiger partial charge on any atom is 0.176 e. The van der Waals surface area contributed by atoms with Crippen molar-refractivity contribution in [2.75, 3.05) is 17.8 Å². The summed E-state index contributed by atoms with van der Waals surface area (Å²) in [5, 5.41) is 0. The van der Waals surface area contributed by atoms with E-state index in [2.05, 4.69) is 44.4 Å². The second-order valence-corrected chi connectivity index (χ2v) is 12.7. The fourth-order valence-corrected chi connectivity index (χ4v) is 7.63. The first-order valence-corrected chi connectivity index (χ1v) is 11.7. The maximum atomic E-state index is 13.1. The molecule has 0 atom stereocenters. The van der Waals surface area contributed by atoms with E-state index in [1.54, 1.807) is 11.8 Å². The molecule has 3 rings (SSSR count). The SMILES string of the molecule is CC(C)(C(=O)c1ccc(Sc2ccccc2)cc1)S1(C)CCCC1. The van der Waals surface area contributed by atoms with E-state index < -0.39 is 10.0 Å². The third-order valence-electron chi connectivity index (χ3n) is 5.31. The molecule has 0 spiro atoms. The number of carbonyl (C=O) groups excluding carboxylic acids is 1. The van der Waals surface area contributed by atoms with Gasteiger partial charge >= 0.3 is 0 Å². The van der Waals surface area contributed by atoms with Crippen LogP contribution in [0.1, 0.15) is 37.0 Å². The lowest BCUT2D eigenvalue weighted by Crippen LogP contribution is -2.38. The standard InChI is InChI=1S/C21H26OS2/c1-21(2,24(3)15-7-8-16-24)20(22)17-11-13-19(14-12-17)23-18-9-5-4-6-10-18/h4-6,9-14H,7-8,15-16H2,1-3H3. The van der Waals surface area contributed by atoms with Gasteiger partial charge in [-0.05, 0) is 68.7 Å². The predicted octanol–water partition coefficient (Wildman–Crippen LogP) is 6.03. The molecule has 1 fully saturated rings. The molecule has 3 heteroatoms. The molecular formula is C21H26OS2. The van der Waals surface area contributed by atoms with Crippen LogP contribution in [0.5, 0.6) is 0 Å². The summed E-state index contributed by atoms with van der Waals surface area (Å²) >= 11 is 1.73. The summed E-state index contributed by atoms with van der Waals surface area (Å²) in [6, 6.07) is 18.5. The molecule has 2 aromatic rings. The summed E-state index contributed by atoms with van der Waals surface area (Å²) in [7, 11) is -0.843. The average Bonchev–Trinajstić information content (AvgIpc) is 3.04. The van der Waals surface area contributed by atoms with E-state index in [1.807, 2.05) is 30.3 Å². The summed E-state index contributed by atoms with van der Waals surface area (Å²) in [6.07, 6.45) is 4.95. The van der Waals surface area contributed by atoms with Crippen molar-refractivity contribution in [1.82, 2.24) is 0 Å². The first-order chi connectivity index (χ1) is 11.4. The van der Waals surface area contributed by atoms with Crippen LogP contribution in [0.2, 0.25) is 0 Å². The van der Waals surface area contributed by atoms with Gasteiger partial charge in [0, 0.05) is 15.4 Å². The van der Waals surface area contributed by atoms with Crippen LogP contribution in [-0.4, -0.2) is 28.3 Å². The molecule has 2 aromatic carbocycles. The Morgan fingerprint density at radius 2 is 1.46 bits per heavy atom. The molecule has 0 saturated carbocycles. The molecule has 1 nitrogen and oxygen atoms in total. The fraction of sp³-hybridized carbons (Fsp3) is 0.381. The molecule has 0 aromatic heterocycles. The van der Waals surface area contributed by atoms with Crippen molar-refractivity contribution >= 4 is 27.6 Å². The Bertz CT molecular complexity index is 698. The van der Waals surface area contributed by atoms with Gasteiger partial charge in [-0.3, -0.25) is 4.79 Å². The van der Waals surface area contributed by atoms with Crippen LogP contribution in [0.25, 0.3) is 0 Å². The van der Waals surface area contributed by atoms with Gasteiger partial charge in [-0.1, -0.05) is 42.1 Å². The number of hydrogen-bond acceptors (Lipinski definition) is 2. The van der Waals surface area contributed by atoms with Crippen LogP contribution >= 0.6 is 21.8 Å². The van der Waals surface area contributed by atoms with Gasteiger partial charge in [0.05, 0.1) is 4.75 Å². The number of hydrogen-bond donors (Lipinski definition) is 0. The van der Waals surface area contributed by atoms with E-state index in [9.17, 15) is 4.79 Å². The fourth-order valence-electron chi connectivity index (χ4n) is 3.32. The highest BCUT2D eigenvalue weighted by Gasteiger charge is 2.43. The Hall–Kier alpha value is -1.19. The Labute approximate surface area is 151 Å². The highest BCUT2D eigenvalue weighted by atomic mass is 32.3. The highest BCUT2D eigenvalue weighted by molar-refractivity contribution is 8.34. The summed E-state index contributed by atoms with van der Waals surface area (Å²) in [4.78, 5) is 15.5. The smallest absolute Gasteiger partial charge is 0.176 e. The highest BCUT2D eigenvalue weighted by Crippen LogP contribution is 2.61. The van der Waals surface area contributed by atoms with Crippen molar-refractivity contribution < 1.29 is 4.79 Å². The lowest BCUT2D eigenvalue weighted by molar-refractivity contribution is 0.0956. The lowest BCUT2D eigenvalue weighted by atomic mass is 10.0. The topological polar surface area (TPSA) is 17.1 Å². The molecule has 0 amide bonds. The largest absolute Gasteiger partial charge is 0.293 e. The maximum absolute atomic E-state index is 13.1. The Morgan fingerprint density at radius 3 is 2.04 bits per heavy atom. The van der Waals surface area contributed by atoms with Gasteiger partial charge in [0.2, 0.25) is 0 Å². The number of ketones is 1. The van der Waals surface area contributed by atoms with Gasteiger partial charge < -0.3 is 0 Å². The van der Waals surface area contributed by atoms with E-state index in [1.165, 1.54) is 34.1 Å². The second kappa shape index (κ2) is 6.97. The molecule has 0 N–H and O–H groups in total. The molecule has 1 aliphatic heterocycles. The second-order valence-electron chi connectivity index (χ2n) is 7.17. The van der Waals surface area contributed by atoms with Gasteiger partial charge in [-0.2, -0.15) is 0 Å². The normalized spacial score (nSPS) is 18.3. The van der Waals surface area contributed by atoms with Crippen LogP contribution in [0.15, 0.2) is 64.4 Å². The van der Waals surface area contributed by atoms with E-state index in [0.717, 1.165) is 5.56 Å². The molecule has 128 valence electrons. The third kappa shape index (κ3) is 3.43. The monoisotopic (exact) mass is 358 g/mol. The predicted molar refractivity (Wildman–Crippen MR) is 108 cm³/mol. The third-order valence-corrected chi connectivity index (χ3v) is 11.4. The minimum Gasteiger partial charge on any atom is -0.293 e. The lowest BCUT2D eigenvalue weighted by Gasteiger charge is -2.45. The van der Waals surface area contributed by atoms with Crippen molar-refractivity contribution in [2.45, 2.75) is 41.2 Å². The molecule has 0 bridgehead atoms. The van der Waals surface area contributed by atoms with Gasteiger partial charge in [-0.15, -0.1) is 0 Å². The minimum absolute atomic E-state index is 0.225. The number of carbonyl (C=O) groups is 1. The van der Waals surface area contributed by atoms with E-state index in [4.69, 9.17) is 0 Å². The van der Waals surface area contributed by atoms with E-state index in [-0.39, 0.29) is 4.75 Å². The van der Waals surface area contributed by atoms with Crippen molar-refractivity contribution in [2.24, 2.45) is 0 Å². The molecule has 0 unspecified atom stereocenters. The Balaban J connectivity index is 1.76. The zero-order valence-corrected chi connectivity index (χ0v) is 16.4. The number of rotatable bonds is 5. The van der Waals surface area contributed by atoms with Crippen LogP contribution in [0.4, 0.5) is 0 Å². The van der Waals surface area contributed by atoms with E-state index >= 15 is 0 Å². The summed E-state index contributed by atoms with van der Waals surface area (Å²) in [6.45, 7) is 4.34. The number of Topliss-reactive ketones (excluding diaryl/α,β-unsaturated/α-hetero) is 1. The van der Waals surface area contributed by atoms with Gasteiger partial charge in [0.1, 0.15) is 0 Å². The van der Waals surface area contributed by atoms with Crippen LogP contribution in [0.3, 0.4) is 0 Å². The van der Waals surface area contributed by atoms with Gasteiger partial charge in [-0.25, -0.2) is 10.0 Å². The molecule has 1 saturated heterocycles. The van der Waals surface area contributed by atoms with Gasteiger partial charge in [0.15, 0.2) is 5.78 Å². The van der Waals surface area contributed by atoms with Crippen LogP contribution in [-0.2, 0) is 0 Å². The molecule has 0 aliphatic carbocycles.